The number of hydrogen-bond acceptors (Lipinski definition) is 5. The third kappa shape index (κ3) is 4.29. The van der Waals surface area contributed by atoms with Crippen LogP contribution >= 0.6 is 23.2 Å². The Kier molecular flexibility index (Phi) is 5.98. The van der Waals surface area contributed by atoms with E-state index in [9.17, 15) is 14.9 Å². The van der Waals surface area contributed by atoms with Gasteiger partial charge in [-0.15, -0.1) is 0 Å². The van der Waals surface area contributed by atoms with Gasteiger partial charge in [-0.05, 0) is 62.1 Å². The monoisotopic (exact) mass is 458 g/mol. The number of anilines is 2. The molecule has 2 heterocycles. The van der Waals surface area contributed by atoms with Crippen molar-refractivity contribution in [1.29, 1.82) is 0 Å². The van der Waals surface area contributed by atoms with Gasteiger partial charge in [-0.25, -0.2) is 0 Å². The van der Waals surface area contributed by atoms with Crippen molar-refractivity contribution in [3.05, 3.63) is 67.7 Å². The Morgan fingerprint density at radius 2 is 1.81 bits per heavy atom. The third-order valence-electron chi connectivity index (χ3n) is 5.41. The van der Waals surface area contributed by atoms with Crippen molar-refractivity contribution in [2.24, 2.45) is 5.10 Å². The molecule has 0 saturated carbocycles. The van der Waals surface area contributed by atoms with Crippen molar-refractivity contribution in [1.82, 2.24) is 0 Å². The molecule has 0 aromatic heterocycles. The smallest absolute Gasteiger partial charge is 0.293 e. The van der Waals surface area contributed by atoms with Crippen molar-refractivity contribution in [2.45, 2.75) is 26.2 Å². The molecule has 2 aromatic carbocycles. The van der Waals surface area contributed by atoms with Crippen LogP contribution in [-0.4, -0.2) is 29.6 Å². The fourth-order valence-corrected chi connectivity index (χ4v) is 4.11. The zero-order chi connectivity index (χ0) is 22.1. The normalized spacial score (nSPS) is 18.0. The number of benzene rings is 2. The van der Waals surface area contributed by atoms with Crippen LogP contribution in [0.4, 0.5) is 17.1 Å². The van der Waals surface area contributed by atoms with E-state index < -0.39 is 0 Å². The summed E-state index contributed by atoms with van der Waals surface area (Å²) >= 11 is 12.0. The molecular formula is C22H20Cl2N4O3. The standard InChI is InChI=1S/C22H20Cl2N4O3/c1-14-17(22(29)27(25-14)16-6-7-18(23)19(24)13-16)11-15-5-8-20(21(12-15)28(30)31)26-9-3-2-4-10-26/h5-8,11-13H,2-4,9-10H2,1H3/b17-11+. The average Bonchev–Trinajstić information content (AvgIpc) is 3.04. The van der Waals surface area contributed by atoms with Gasteiger partial charge >= 0.3 is 0 Å². The van der Waals surface area contributed by atoms with Gasteiger partial charge < -0.3 is 4.90 Å². The van der Waals surface area contributed by atoms with Gasteiger partial charge in [0.25, 0.3) is 11.6 Å². The van der Waals surface area contributed by atoms with Gasteiger partial charge in [-0.3, -0.25) is 14.9 Å². The fraction of sp³-hybridized carbons (Fsp3) is 0.273. The van der Waals surface area contributed by atoms with Crippen LogP contribution in [0.5, 0.6) is 0 Å². The van der Waals surface area contributed by atoms with Crippen molar-refractivity contribution in [2.75, 3.05) is 23.0 Å². The summed E-state index contributed by atoms with van der Waals surface area (Å²) in [6, 6.07) is 9.90. The number of carbonyl (C=O) groups is 1. The number of carbonyl (C=O) groups excluding carboxylic acids is 1. The Hall–Kier alpha value is -2.90. The second kappa shape index (κ2) is 8.69. The molecule has 0 spiro atoms. The highest BCUT2D eigenvalue weighted by Crippen LogP contribution is 2.34. The second-order valence-corrected chi connectivity index (χ2v) is 8.33. The molecule has 0 unspecified atom stereocenters. The lowest BCUT2D eigenvalue weighted by molar-refractivity contribution is -0.384. The Labute approximate surface area is 189 Å². The molecule has 0 radical (unpaired) electrons. The predicted molar refractivity (Wildman–Crippen MR) is 124 cm³/mol. The maximum atomic E-state index is 13.0. The molecule has 1 saturated heterocycles. The lowest BCUT2D eigenvalue weighted by Gasteiger charge is -2.28. The minimum atomic E-state index is -0.370. The summed E-state index contributed by atoms with van der Waals surface area (Å²) in [7, 11) is 0. The Morgan fingerprint density at radius 1 is 1.06 bits per heavy atom. The van der Waals surface area contributed by atoms with Gasteiger partial charge in [0, 0.05) is 19.2 Å². The summed E-state index contributed by atoms with van der Waals surface area (Å²) in [4.78, 5) is 26.4. The van der Waals surface area contributed by atoms with Crippen LogP contribution in [0.1, 0.15) is 31.7 Å². The Morgan fingerprint density at radius 3 is 2.48 bits per heavy atom. The summed E-state index contributed by atoms with van der Waals surface area (Å²) in [6.45, 7) is 3.34. The molecule has 160 valence electrons. The zero-order valence-corrected chi connectivity index (χ0v) is 18.4. The molecule has 4 rings (SSSR count). The summed E-state index contributed by atoms with van der Waals surface area (Å²) in [5, 5.41) is 18.0. The van der Waals surface area contributed by atoms with E-state index in [0.29, 0.717) is 38.3 Å². The third-order valence-corrected chi connectivity index (χ3v) is 6.15. The SMILES string of the molecule is CC1=NN(c2ccc(Cl)c(Cl)c2)C(=O)/C1=C/c1ccc(N2CCCCC2)c([N+](=O)[O-])c1. The molecule has 0 bridgehead atoms. The molecule has 2 aliphatic heterocycles. The van der Waals surface area contributed by atoms with E-state index in [1.165, 1.54) is 11.1 Å². The largest absolute Gasteiger partial charge is 0.366 e. The molecule has 2 aliphatic rings. The van der Waals surface area contributed by atoms with Gasteiger partial charge in [0.05, 0.1) is 31.9 Å². The molecule has 2 aromatic rings. The van der Waals surface area contributed by atoms with E-state index in [1.54, 1.807) is 43.3 Å². The van der Waals surface area contributed by atoms with E-state index in [-0.39, 0.29) is 16.5 Å². The first-order chi connectivity index (χ1) is 14.8. The van der Waals surface area contributed by atoms with Gasteiger partial charge in [0.15, 0.2) is 0 Å². The highest BCUT2D eigenvalue weighted by Gasteiger charge is 2.29. The first-order valence-electron chi connectivity index (χ1n) is 9.95. The molecule has 0 aliphatic carbocycles. The molecule has 1 fully saturated rings. The van der Waals surface area contributed by atoms with Gasteiger partial charge in [0.1, 0.15) is 5.69 Å². The Balaban J connectivity index is 1.65. The van der Waals surface area contributed by atoms with E-state index in [2.05, 4.69) is 10.0 Å². The molecule has 0 N–H and O–H groups in total. The maximum Gasteiger partial charge on any atom is 0.293 e. The van der Waals surface area contributed by atoms with Crippen LogP contribution in [0.25, 0.3) is 6.08 Å². The van der Waals surface area contributed by atoms with Gasteiger partial charge in [0.2, 0.25) is 0 Å². The first-order valence-corrected chi connectivity index (χ1v) is 10.7. The van der Waals surface area contributed by atoms with E-state index in [4.69, 9.17) is 23.2 Å². The first kappa shape index (κ1) is 21.3. The van der Waals surface area contributed by atoms with Crippen LogP contribution in [-0.2, 0) is 4.79 Å². The molecule has 31 heavy (non-hydrogen) atoms. The van der Waals surface area contributed by atoms with Crippen molar-refractivity contribution >= 4 is 58.0 Å². The van der Waals surface area contributed by atoms with Crippen LogP contribution in [0.3, 0.4) is 0 Å². The van der Waals surface area contributed by atoms with Crippen molar-refractivity contribution < 1.29 is 9.72 Å². The van der Waals surface area contributed by atoms with Gasteiger partial charge in [-0.1, -0.05) is 29.3 Å². The summed E-state index contributed by atoms with van der Waals surface area (Å²) < 4.78 is 0. The highest BCUT2D eigenvalue weighted by atomic mass is 35.5. The van der Waals surface area contributed by atoms with E-state index in [0.717, 1.165) is 32.4 Å². The Bertz CT molecular complexity index is 1120. The molecule has 1 amide bonds. The van der Waals surface area contributed by atoms with E-state index >= 15 is 0 Å². The van der Waals surface area contributed by atoms with Crippen LogP contribution in [0.2, 0.25) is 10.0 Å². The number of piperidine rings is 1. The number of amides is 1. The highest BCUT2D eigenvalue weighted by molar-refractivity contribution is 6.42. The fourth-order valence-electron chi connectivity index (χ4n) is 3.82. The lowest BCUT2D eigenvalue weighted by Crippen LogP contribution is -2.29. The quantitative estimate of drug-likeness (QED) is 0.334. The molecular weight excluding hydrogens is 439 g/mol. The number of nitro groups is 1. The minimum Gasteiger partial charge on any atom is -0.366 e. The minimum absolute atomic E-state index is 0.0395. The van der Waals surface area contributed by atoms with Crippen LogP contribution < -0.4 is 9.91 Å². The number of nitro benzene ring substituents is 1. The summed E-state index contributed by atoms with van der Waals surface area (Å²) in [5.74, 6) is -0.335. The van der Waals surface area contributed by atoms with Crippen molar-refractivity contribution in [3.8, 4) is 0 Å². The number of nitrogens with zero attached hydrogens (tertiary/aromatic N) is 4. The summed E-state index contributed by atoms with van der Waals surface area (Å²) in [6.07, 6.45) is 4.82. The average molecular weight is 459 g/mol. The molecule has 0 atom stereocenters. The van der Waals surface area contributed by atoms with E-state index in [1.807, 2.05) is 0 Å². The molecule has 7 nitrogen and oxygen atoms in total. The van der Waals surface area contributed by atoms with Gasteiger partial charge in [-0.2, -0.15) is 10.1 Å². The summed E-state index contributed by atoms with van der Waals surface area (Å²) in [5.41, 5.74) is 2.60. The lowest BCUT2D eigenvalue weighted by atomic mass is 10.0. The maximum absolute atomic E-state index is 13.0. The zero-order valence-electron chi connectivity index (χ0n) is 16.8. The molecule has 9 heteroatoms. The number of hydrogen-bond donors (Lipinski definition) is 0. The number of hydrazone groups is 1. The number of rotatable bonds is 4. The topological polar surface area (TPSA) is 79.0 Å². The second-order valence-electron chi connectivity index (χ2n) is 7.51. The van der Waals surface area contributed by atoms with Crippen LogP contribution in [0, 0.1) is 10.1 Å². The number of halogens is 2. The van der Waals surface area contributed by atoms with Crippen LogP contribution in [0.15, 0.2) is 47.1 Å². The van der Waals surface area contributed by atoms with Crippen molar-refractivity contribution in [3.63, 3.8) is 0 Å². The predicted octanol–water partition coefficient (Wildman–Crippen LogP) is 5.70.